The van der Waals surface area contributed by atoms with Gasteiger partial charge in [-0.05, 0) is 20.3 Å². The summed E-state index contributed by atoms with van der Waals surface area (Å²) in [7, 11) is 0. The van der Waals surface area contributed by atoms with Gasteiger partial charge >= 0.3 is 11.9 Å². The van der Waals surface area contributed by atoms with Crippen molar-refractivity contribution in [1.82, 2.24) is 4.31 Å². The van der Waals surface area contributed by atoms with Crippen molar-refractivity contribution < 1.29 is 24.5 Å². The Bertz CT molecular complexity index is 361. The van der Waals surface area contributed by atoms with Crippen LogP contribution in [0.25, 0.3) is 0 Å². The van der Waals surface area contributed by atoms with Gasteiger partial charge in [-0.25, -0.2) is 4.31 Å². The highest BCUT2D eigenvalue weighted by Gasteiger charge is 2.31. The zero-order valence-corrected chi connectivity index (χ0v) is 13.0. The average molecular weight is 305 g/mol. The van der Waals surface area contributed by atoms with Crippen LogP contribution in [-0.4, -0.2) is 58.0 Å². The van der Waals surface area contributed by atoms with Crippen LogP contribution >= 0.6 is 11.9 Å². The summed E-state index contributed by atoms with van der Waals surface area (Å²) in [5.74, 6) is -1.01. The van der Waals surface area contributed by atoms with Crippen LogP contribution in [0.15, 0.2) is 0 Å². The molecule has 0 saturated carbocycles. The summed E-state index contributed by atoms with van der Waals surface area (Å²) in [5.41, 5.74) is -0.545. The van der Waals surface area contributed by atoms with Gasteiger partial charge in [0.2, 0.25) is 0 Å². The van der Waals surface area contributed by atoms with Crippen molar-refractivity contribution in [3.8, 4) is 0 Å². The Morgan fingerprint density at radius 3 is 2.65 bits per heavy atom. The van der Waals surface area contributed by atoms with E-state index in [1.807, 2.05) is 11.2 Å². The molecule has 0 spiro atoms. The zero-order valence-electron chi connectivity index (χ0n) is 12.2. The van der Waals surface area contributed by atoms with Crippen LogP contribution in [-0.2, 0) is 14.3 Å². The summed E-state index contributed by atoms with van der Waals surface area (Å²) in [6.07, 6.45) is -0.129. The van der Waals surface area contributed by atoms with Crippen LogP contribution in [0.1, 0.15) is 27.2 Å². The first kappa shape index (κ1) is 17.3. The minimum atomic E-state index is -0.814. The fraction of sp³-hybridized carbons (Fsp3) is 0.846. The smallest absolute Gasteiger partial charge is 0.311 e. The fourth-order valence-electron chi connectivity index (χ4n) is 1.62. The quantitative estimate of drug-likeness (QED) is 0.536. The number of carboxylic acid groups (broad SMARTS) is 1. The van der Waals surface area contributed by atoms with E-state index in [2.05, 4.69) is 0 Å². The van der Waals surface area contributed by atoms with E-state index in [1.54, 1.807) is 13.8 Å². The molecule has 6 nitrogen and oxygen atoms in total. The number of carbonyl (C=O) groups excluding carboxylic acids is 1. The van der Waals surface area contributed by atoms with E-state index in [9.17, 15) is 14.7 Å². The van der Waals surface area contributed by atoms with Gasteiger partial charge < -0.3 is 14.9 Å². The molecule has 1 heterocycles. The highest BCUT2D eigenvalue weighted by atomic mass is 32.2. The molecule has 0 aromatic rings. The van der Waals surface area contributed by atoms with E-state index >= 15 is 0 Å². The maximum Gasteiger partial charge on any atom is 0.311 e. The molecule has 1 rings (SSSR count). The average Bonchev–Trinajstić information content (AvgIpc) is 2.84. The number of β-amino-alcohol motifs (C(OH)–C–C–N with tert-alkyl or cyclic N) is 1. The number of ether oxygens (including phenoxy) is 1. The second kappa shape index (κ2) is 7.28. The Hall–Kier alpha value is -0.790. The van der Waals surface area contributed by atoms with Crippen molar-refractivity contribution in [3.05, 3.63) is 0 Å². The van der Waals surface area contributed by atoms with Gasteiger partial charge in [-0.1, -0.05) is 18.9 Å². The maximum atomic E-state index is 11.7. The number of nitrogens with zero attached hydrogens (tertiary/aromatic N) is 1. The van der Waals surface area contributed by atoms with Crippen LogP contribution < -0.4 is 0 Å². The molecule has 0 bridgehead atoms. The van der Waals surface area contributed by atoms with E-state index in [1.165, 1.54) is 11.9 Å². The fourth-order valence-corrected chi connectivity index (χ4v) is 2.82. The topological polar surface area (TPSA) is 87.1 Å². The van der Waals surface area contributed by atoms with E-state index in [0.29, 0.717) is 25.3 Å². The SMILES string of the molecule is CCC(C)(C)C(=O)OCC(O)CN1CC(C(=O)O)CS1. The lowest BCUT2D eigenvalue weighted by atomic mass is 9.91. The highest BCUT2D eigenvalue weighted by molar-refractivity contribution is 7.97. The van der Waals surface area contributed by atoms with Gasteiger partial charge in [0.25, 0.3) is 0 Å². The zero-order chi connectivity index (χ0) is 15.3. The molecule has 20 heavy (non-hydrogen) atoms. The summed E-state index contributed by atoms with van der Waals surface area (Å²) in [6.45, 7) is 6.16. The molecular formula is C13H23NO5S. The van der Waals surface area contributed by atoms with Gasteiger partial charge in [0.15, 0.2) is 0 Å². The van der Waals surface area contributed by atoms with Crippen LogP contribution in [0.5, 0.6) is 0 Å². The van der Waals surface area contributed by atoms with Crippen molar-refractivity contribution in [2.75, 3.05) is 25.4 Å². The predicted molar refractivity (Wildman–Crippen MR) is 76.2 cm³/mol. The molecule has 116 valence electrons. The third-order valence-electron chi connectivity index (χ3n) is 3.49. The molecule has 1 aliphatic heterocycles. The molecule has 0 amide bonds. The Balaban J connectivity index is 2.29. The molecule has 0 aliphatic carbocycles. The van der Waals surface area contributed by atoms with Gasteiger partial charge in [-0.3, -0.25) is 9.59 Å². The molecule has 7 heteroatoms. The lowest BCUT2D eigenvalue weighted by Crippen LogP contribution is -2.34. The minimum absolute atomic E-state index is 0.0585. The number of carboxylic acids is 1. The van der Waals surface area contributed by atoms with E-state index in [-0.39, 0.29) is 12.6 Å². The van der Waals surface area contributed by atoms with Crippen molar-refractivity contribution >= 4 is 23.9 Å². The van der Waals surface area contributed by atoms with Gasteiger partial charge in [-0.2, -0.15) is 0 Å². The van der Waals surface area contributed by atoms with Crippen LogP contribution in [0.4, 0.5) is 0 Å². The Kier molecular flexibility index (Phi) is 6.29. The first-order valence-electron chi connectivity index (χ1n) is 6.72. The standard InChI is InChI=1S/C13H23NO5S/c1-4-13(2,3)12(18)19-7-10(15)6-14-5-9(8-20-14)11(16)17/h9-10,15H,4-8H2,1-3H3,(H,16,17). The molecule has 0 radical (unpaired) electrons. The number of rotatable bonds is 7. The maximum absolute atomic E-state index is 11.7. The summed E-state index contributed by atoms with van der Waals surface area (Å²) < 4.78 is 6.91. The minimum Gasteiger partial charge on any atom is -0.481 e. The number of aliphatic hydroxyl groups excluding tert-OH is 1. The van der Waals surface area contributed by atoms with Crippen LogP contribution in [0.2, 0.25) is 0 Å². The van der Waals surface area contributed by atoms with Gasteiger partial charge in [0.05, 0.1) is 11.3 Å². The molecule has 0 aromatic carbocycles. The lowest BCUT2D eigenvalue weighted by Gasteiger charge is -2.23. The van der Waals surface area contributed by atoms with Gasteiger partial charge in [0, 0.05) is 18.8 Å². The molecular weight excluding hydrogens is 282 g/mol. The normalized spacial score (nSPS) is 21.7. The molecule has 2 atom stereocenters. The van der Waals surface area contributed by atoms with Crippen LogP contribution in [0.3, 0.4) is 0 Å². The second-order valence-electron chi connectivity index (χ2n) is 5.67. The molecule has 2 N–H and O–H groups in total. The van der Waals surface area contributed by atoms with Gasteiger partial charge in [-0.15, -0.1) is 0 Å². The summed E-state index contributed by atoms with van der Waals surface area (Å²) in [6, 6.07) is 0. The predicted octanol–water partition coefficient (Wildman–Crippen LogP) is 0.991. The van der Waals surface area contributed by atoms with E-state index in [4.69, 9.17) is 9.84 Å². The third kappa shape index (κ3) is 4.96. The number of hydrogen-bond acceptors (Lipinski definition) is 6. The summed E-state index contributed by atoms with van der Waals surface area (Å²) in [5, 5.41) is 18.7. The van der Waals surface area contributed by atoms with E-state index < -0.39 is 23.4 Å². The van der Waals surface area contributed by atoms with Gasteiger partial charge in [0.1, 0.15) is 12.7 Å². The molecule has 0 aromatic heterocycles. The first-order valence-corrected chi connectivity index (χ1v) is 7.66. The highest BCUT2D eigenvalue weighted by Crippen LogP contribution is 2.26. The largest absolute Gasteiger partial charge is 0.481 e. The third-order valence-corrected chi connectivity index (χ3v) is 4.70. The Morgan fingerprint density at radius 2 is 2.15 bits per heavy atom. The molecule has 1 fully saturated rings. The second-order valence-corrected chi connectivity index (χ2v) is 6.78. The molecule has 1 saturated heterocycles. The van der Waals surface area contributed by atoms with Crippen molar-refractivity contribution in [2.24, 2.45) is 11.3 Å². The number of hydrogen-bond donors (Lipinski definition) is 2. The number of esters is 1. The molecule has 1 aliphatic rings. The lowest BCUT2D eigenvalue weighted by molar-refractivity contribution is -0.157. The Morgan fingerprint density at radius 1 is 1.50 bits per heavy atom. The summed E-state index contributed by atoms with van der Waals surface area (Å²) >= 11 is 1.40. The first-order chi connectivity index (χ1) is 9.26. The van der Waals surface area contributed by atoms with Crippen molar-refractivity contribution in [3.63, 3.8) is 0 Å². The monoisotopic (exact) mass is 305 g/mol. The number of aliphatic hydroxyl groups is 1. The van der Waals surface area contributed by atoms with E-state index in [0.717, 1.165) is 0 Å². The number of carbonyl (C=O) groups is 2. The summed E-state index contributed by atoms with van der Waals surface area (Å²) in [4.78, 5) is 22.6. The number of aliphatic carboxylic acids is 1. The van der Waals surface area contributed by atoms with Crippen LogP contribution in [0, 0.1) is 11.3 Å². The van der Waals surface area contributed by atoms with Crippen molar-refractivity contribution in [2.45, 2.75) is 33.3 Å². The molecule has 2 unspecified atom stereocenters. The Labute approximate surface area is 123 Å². The van der Waals surface area contributed by atoms with Crippen molar-refractivity contribution in [1.29, 1.82) is 0 Å².